The van der Waals surface area contributed by atoms with E-state index in [9.17, 15) is 4.39 Å². The average molecular weight is 250 g/mol. The van der Waals surface area contributed by atoms with Gasteiger partial charge in [0.15, 0.2) is 18.0 Å². The normalized spacial score (nSPS) is 12.4. The van der Waals surface area contributed by atoms with Crippen molar-refractivity contribution in [2.24, 2.45) is 0 Å². The summed E-state index contributed by atoms with van der Waals surface area (Å²) in [5, 5.41) is 3.22. The van der Waals surface area contributed by atoms with Crippen LogP contribution in [0.4, 0.5) is 4.39 Å². The van der Waals surface area contributed by atoms with Gasteiger partial charge >= 0.3 is 0 Å². The van der Waals surface area contributed by atoms with E-state index >= 15 is 0 Å². The molecule has 0 saturated heterocycles. The van der Waals surface area contributed by atoms with Crippen molar-refractivity contribution >= 4 is 0 Å². The quantitative estimate of drug-likeness (QED) is 0.886. The van der Waals surface area contributed by atoms with Crippen LogP contribution in [-0.2, 0) is 6.54 Å². The van der Waals surface area contributed by atoms with Crippen LogP contribution in [0.5, 0.6) is 5.75 Å². The van der Waals surface area contributed by atoms with Gasteiger partial charge in [-0.3, -0.25) is 0 Å². The van der Waals surface area contributed by atoms with E-state index in [1.165, 1.54) is 19.6 Å². The van der Waals surface area contributed by atoms with E-state index < -0.39 is 0 Å². The van der Waals surface area contributed by atoms with Gasteiger partial charge in [-0.25, -0.2) is 9.37 Å². The molecule has 0 aliphatic heterocycles. The van der Waals surface area contributed by atoms with Crippen LogP contribution in [0.1, 0.15) is 24.3 Å². The van der Waals surface area contributed by atoms with Crippen LogP contribution >= 0.6 is 0 Å². The fourth-order valence-corrected chi connectivity index (χ4v) is 1.65. The Balaban J connectivity index is 2.00. The first-order chi connectivity index (χ1) is 8.70. The molecular weight excluding hydrogens is 235 g/mol. The minimum Gasteiger partial charge on any atom is -0.494 e. The molecule has 0 radical (unpaired) electrons. The van der Waals surface area contributed by atoms with Gasteiger partial charge in [0.05, 0.1) is 19.9 Å². The standard InChI is InChI=1S/C13H15FN2O2/c1-9(16-7-11-6-15-8-18-11)10-3-4-13(17-2)12(14)5-10/h3-6,8-9,16H,7H2,1-2H3. The number of rotatable bonds is 5. The largest absolute Gasteiger partial charge is 0.494 e. The van der Waals surface area contributed by atoms with Gasteiger partial charge in [-0.1, -0.05) is 6.07 Å². The van der Waals surface area contributed by atoms with E-state index in [0.717, 1.165) is 11.3 Å². The number of nitrogens with one attached hydrogen (secondary N) is 1. The van der Waals surface area contributed by atoms with Gasteiger partial charge in [0.1, 0.15) is 5.76 Å². The molecule has 0 aliphatic carbocycles. The lowest BCUT2D eigenvalue weighted by Crippen LogP contribution is -2.17. The van der Waals surface area contributed by atoms with Crippen molar-refractivity contribution in [2.75, 3.05) is 7.11 Å². The predicted octanol–water partition coefficient (Wildman–Crippen LogP) is 2.67. The second-order valence-electron chi connectivity index (χ2n) is 3.96. The minimum atomic E-state index is -0.358. The third-order valence-corrected chi connectivity index (χ3v) is 2.74. The van der Waals surface area contributed by atoms with Gasteiger partial charge in [-0.05, 0) is 24.6 Å². The SMILES string of the molecule is COc1ccc(C(C)NCc2cnco2)cc1F. The van der Waals surface area contributed by atoms with E-state index in [0.29, 0.717) is 6.54 Å². The lowest BCUT2D eigenvalue weighted by Gasteiger charge is -2.14. The summed E-state index contributed by atoms with van der Waals surface area (Å²) in [5.41, 5.74) is 0.854. The number of hydrogen-bond acceptors (Lipinski definition) is 4. The molecule has 0 aliphatic rings. The Morgan fingerprint density at radius 3 is 2.94 bits per heavy atom. The Kier molecular flexibility index (Phi) is 3.94. The predicted molar refractivity (Wildman–Crippen MR) is 64.7 cm³/mol. The number of halogens is 1. The fourth-order valence-electron chi connectivity index (χ4n) is 1.65. The van der Waals surface area contributed by atoms with Crippen LogP contribution in [0.3, 0.4) is 0 Å². The van der Waals surface area contributed by atoms with Crippen molar-refractivity contribution < 1.29 is 13.5 Å². The van der Waals surface area contributed by atoms with Crippen LogP contribution in [-0.4, -0.2) is 12.1 Å². The first-order valence-corrected chi connectivity index (χ1v) is 5.65. The Labute approximate surface area is 105 Å². The maximum Gasteiger partial charge on any atom is 0.180 e. The van der Waals surface area contributed by atoms with Crippen molar-refractivity contribution in [3.8, 4) is 5.75 Å². The number of oxazole rings is 1. The Morgan fingerprint density at radius 2 is 2.33 bits per heavy atom. The van der Waals surface area contributed by atoms with Crippen molar-refractivity contribution in [3.05, 3.63) is 47.9 Å². The number of hydrogen-bond donors (Lipinski definition) is 1. The minimum absolute atomic E-state index is 0.00973. The molecule has 0 spiro atoms. The molecule has 0 fully saturated rings. The molecule has 96 valence electrons. The molecule has 18 heavy (non-hydrogen) atoms. The van der Waals surface area contributed by atoms with Gasteiger partial charge < -0.3 is 14.5 Å². The van der Waals surface area contributed by atoms with Crippen molar-refractivity contribution in [1.29, 1.82) is 0 Å². The molecule has 0 amide bonds. The number of aromatic nitrogens is 1. The van der Waals surface area contributed by atoms with Gasteiger partial charge in [0.2, 0.25) is 0 Å². The highest BCUT2D eigenvalue weighted by Gasteiger charge is 2.09. The van der Waals surface area contributed by atoms with Gasteiger partial charge in [0, 0.05) is 6.04 Å². The van der Waals surface area contributed by atoms with E-state index in [1.54, 1.807) is 12.3 Å². The molecule has 1 aromatic carbocycles. The van der Waals surface area contributed by atoms with Crippen LogP contribution in [0.15, 0.2) is 35.2 Å². The van der Waals surface area contributed by atoms with Crippen LogP contribution in [0.25, 0.3) is 0 Å². The molecule has 5 heteroatoms. The number of nitrogens with zero attached hydrogens (tertiary/aromatic N) is 1. The molecule has 2 aromatic rings. The molecule has 1 atom stereocenters. The van der Waals surface area contributed by atoms with Gasteiger partial charge in [0.25, 0.3) is 0 Å². The summed E-state index contributed by atoms with van der Waals surface area (Å²) in [6, 6.07) is 4.93. The van der Waals surface area contributed by atoms with Crippen molar-refractivity contribution in [3.63, 3.8) is 0 Å². The van der Waals surface area contributed by atoms with E-state index in [-0.39, 0.29) is 17.6 Å². The maximum atomic E-state index is 13.5. The third kappa shape index (κ3) is 2.87. The van der Waals surface area contributed by atoms with Crippen LogP contribution < -0.4 is 10.1 Å². The second kappa shape index (κ2) is 5.64. The van der Waals surface area contributed by atoms with Crippen LogP contribution in [0, 0.1) is 5.82 Å². The summed E-state index contributed by atoms with van der Waals surface area (Å²) >= 11 is 0. The van der Waals surface area contributed by atoms with E-state index in [2.05, 4.69) is 10.3 Å². The van der Waals surface area contributed by atoms with E-state index in [1.807, 2.05) is 13.0 Å². The molecule has 0 bridgehead atoms. The summed E-state index contributed by atoms with van der Waals surface area (Å²) in [6.45, 7) is 2.51. The lowest BCUT2D eigenvalue weighted by atomic mass is 10.1. The maximum absolute atomic E-state index is 13.5. The highest BCUT2D eigenvalue weighted by atomic mass is 19.1. The molecule has 1 N–H and O–H groups in total. The average Bonchev–Trinajstić information content (AvgIpc) is 2.89. The molecule has 0 saturated carbocycles. The molecule has 4 nitrogen and oxygen atoms in total. The van der Waals surface area contributed by atoms with Crippen molar-refractivity contribution in [1.82, 2.24) is 10.3 Å². The van der Waals surface area contributed by atoms with Gasteiger partial charge in [-0.2, -0.15) is 0 Å². The number of methoxy groups -OCH3 is 1. The third-order valence-electron chi connectivity index (χ3n) is 2.74. The monoisotopic (exact) mass is 250 g/mol. The zero-order valence-electron chi connectivity index (χ0n) is 10.3. The fraction of sp³-hybridized carbons (Fsp3) is 0.308. The van der Waals surface area contributed by atoms with Crippen molar-refractivity contribution in [2.45, 2.75) is 19.5 Å². The smallest absolute Gasteiger partial charge is 0.180 e. The molecule has 1 unspecified atom stereocenters. The van der Waals surface area contributed by atoms with Gasteiger partial charge in [-0.15, -0.1) is 0 Å². The summed E-state index contributed by atoms with van der Waals surface area (Å²) in [7, 11) is 1.45. The summed E-state index contributed by atoms with van der Waals surface area (Å²) in [4.78, 5) is 3.83. The highest BCUT2D eigenvalue weighted by molar-refractivity contribution is 5.30. The Bertz CT molecular complexity index is 500. The Hall–Kier alpha value is -1.88. The number of ether oxygens (including phenoxy) is 1. The molecule has 1 heterocycles. The number of benzene rings is 1. The van der Waals surface area contributed by atoms with E-state index in [4.69, 9.17) is 9.15 Å². The first-order valence-electron chi connectivity index (χ1n) is 5.65. The van der Waals surface area contributed by atoms with Crippen LogP contribution in [0.2, 0.25) is 0 Å². The summed E-state index contributed by atoms with van der Waals surface area (Å²) in [6.07, 6.45) is 3.03. The molecular formula is C13H15FN2O2. The zero-order valence-corrected chi connectivity index (χ0v) is 10.3. The summed E-state index contributed by atoms with van der Waals surface area (Å²) < 4.78 is 23.5. The zero-order chi connectivity index (χ0) is 13.0. The lowest BCUT2D eigenvalue weighted by molar-refractivity contribution is 0.385. The molecule has 2 rings (SSSR count). The second-order valence-corrected chi connectivity index (χ2v) is 3.96. The Morgan fingerprint density at radius 1 is 1.50 bits per heavy atom. The molecule has 1 aromatic heterocycles. The summed E-state index contributed by atoms with van der Waals surface area (Å²) in [5.74, 6) is 0.639. The highest BCUT2D eigenvalue weighted by Crippen LogP contribution is 2.21. The first kappa shape index (κ1) is 12.6. The topological polar surface area (TPSA) is 47.3 Å².